The minimum Gasteiger partial charge on any atom is -0.346 e. The highest BCUT2D eigenvalue weighted by atomic mass is 32.2. The van der Waals surface area contributed by atoms with Crippen LogP contribution in [0.1, 0.15) is 78.6 Å². The molecule has 4 unspecified atom stereocenters. The van der Waals surface area contributed by atoms with Crippen LogP contribution in [-0.2, 0) is 23.5 Å². The number of rotatable bonds is 18. The lowest BCUT2D eigenvalue weighted by Crippen LogP contribution is -2.60. The lowest BCUT2D eigenvalue weighted by molar-refractivity contribution is -0.143. The van der Waals surface area contributed by atoms with Gasteiger partial charge in [-0.15, -0.1) is 18.9 Å². The molecule has 286 valence electrons. The summed E-state index contributed by atoms with van der Waals surface area (Å²) in [5.41, 5.74) is -0.370. The van der Waals surface area contributed by atoms with Crippen LogP contribution in [0.3, 0.4) is 0 Å². The van der Waals surface area contributed by atoms with Gasteiger partial charge in [-0.1, -0.05) is 52.2 Å². The van der Waals surface area contributed by atoms with Crippen molar-refractivity contribution < 1.29 is 28.3 Å². The first-order chi connectivity index (χ1) is 24.8. The van der Waals surface area contributed by atoms with Crippen LogP contribution in [0.5, 0.6) is 0 Å². The zero-order valence-corrected chi connectivity index (χ0v) is 32.0. The van der Waals surface area contributed by atoms with E-state index in [-0.39, 0.29) is 42.7 Å². The van der Waals surface area contributed by atoms with E-state index in [9.17, 15) is 24.0 Å². The fraction of sp³-hybridized carbons (Fsp3) is 0.622. The largest absolute Gasteiger partial charge is 0.346 e. The topological polar surface area (TPSA) is 165 Å². The summed E-state index contributed by atoms with van der Waals surface area (Å²) in [7, 11) is 3.62. The van der Waals surface area contributed by atoms with Crippen LogP contribution in [0.25, 0.3) is 0 Å². The molecule has 0 radical (unpaired) electrons. The van der Waals surface area contributed by atoms with E-state index in [1.54, 1.807) is 22.6 Å². The lowest BCUT2D eigenvalue weighted by Gasteiger charge is -2.37. The molecule has 0 bridgehead atoms. The quantitative estimate of drug-likeness (QED) is 0.0438. The van der Waals surface area contributed by atoms with Crippen LogP contribution in [0.15, 0.2) is 37.1 Å². The molecule has 4 atom stereocenters. The molecule has 14 nitrogen and oxygen atoms in total. The van der Waals surface area contributed by atoms with Gasteiger partial charge in [0, 0.05) is 46.3 Å². The molecule has 2 fully saturated rings. The minimum atomic E-state index is -1.14. The van der Waals surface area contributed by atoms with Gasteiger partial charge in [0.25, 0.3) is 5.91 Å². The van der Waals surface area contributed by atoms with Gasteiger partial charge in [-0.2, -0.15) is 5.06 Å². The predicted molar refractivity (Wildman–Crippen MR) is 202 cm³/mol. The molecule has 52 heavy (non-hydrogen) atoms. The predicted octanol–water partition coefficient (Wildman–Crippen LogP) is 3.37. The number of hydroxylamine groups is 2. The van der Waals surface area contributed by atoms with Crippen molar-refractivity contribution in [2.24, 2.45) is 11.3 Å². The SMILES string of the molecule is C#CCCC(NC(=O)C1CCCN1C(=O)C(NC(=O)NC(CN(C)OSN(C)c1ccccn1)C(C)(C)C)C1CCCCC1)C(=O)C(=O)NCC=C. The van der Waals surface area contributed by atoms with E-state index in [2.05, 4.69) is 38.8 Å². The van der Waals surface area contributed by atoms with Gasteiger partial charge in [-0.05, 0) is 55.6 Å². The molecule has 4 N–H and O–H groups in total. The number of likely N-dealkylation sites (tertiary alicyclic amines) is 1. The zero-order valence-electron chi connectivity index (χ0n) is 31.2. The lowest BCUT2D eigenvalue weighted by atomic mass is 9.83. The van der Waals surface area contributed by atoms with Gasteiger partial charge in [-0.25, -0.2) is 14.1 Å². The molecule has 1 aliphatic heterocycles. The van der Waals surface area contributed by atoms with E-state index in [1.165, 1.54) is 11.0 Å². The first kappa shape index (κ1) is 42.3. The Labute approximate surface area is 312 Å². The summed E-state index contributed by atoms with van der Waals surface area (Å²) in [6.07, 6.45) is 14.2. The third-order valence-electron chi connectivity index (χ3n) is 9.39. The second kappa shape index (κ2) is 20.8. The number of ketones is 1. The maximum Gasteiger partial charge on any atom is 0.315 e. The van der Waals surface area contributed by atoms with E-state index < -0.39 is 41.8 Å². The molecule has 3 rings (SSSR count). The van der Waals surface area contributed by atoms with Crippen molar-refractivity contribution in [3.05, 3.63) is 37.1 Å². The van der Waals surface area contributed by atoms with Crippen molar-refractivity contribution >= 4 is 47.6 Å². The Hall–Kier alpha value is -4.13. The smallest absolute Gasteiger partial charge is 0.315 e. The van der Waals surface area contributed by atoms with E-state index >= 15 is 0 Å². The Kier molecular flexibility index (Phi) is 16.9. The van der Waals surface area contributed by atoms with Crippen LogP contribution in [-0.4, -0.2) is 102 Å². The second-order valence-corrected chi connectivity index (χ2v) is 15.3. The summed E-state index contributed by atoms with van der Waals surface area (Å²) in [5, 5.41) is 12.9. The maximum atomic E-state index is 14.3. The maximum absolute atomic E-state index is 14.3. The number of likely N-dealkylation sites (N-methyl/N-ethyl adjacent to an activating group) is 1. The summed E-state index contributed by atoms with van der Waals surface area (Å²) in [5.74, 6) is 0.531. The van der Waals surface area contributed by atoms with Gasteiger partial charge in [0.05, 0.1) is 12.1 Å². The van der Waals surface area contributed by atoms with Crippen LogP contribution >= 0.6 is 12.2 Å². The number of nitrogens with one attached hydrogen (secondary N) is 4. The molecule has 1 saturated carbocycles. The van der Waals surface area contributed by atoms with Crippen LogP contribution in [0.2, 0.25) is 0 Å². The Balaban J connectivity index is 1.71. The van der Waals surface area contributed by atoms with Crippen molar-refractivity contribution in [3.63, 3.8) is 0 Å². The van der Waals surface area contributed by atoms with Crippen LogP contribution in [0.4, 0.5) is 10.6 Å². The van der Waals surface area contributed by atoms with Gasteiger partial charge >= 0.3 is 6.03 Å². The number of nitrogens with zero attached hydrogens (tertiary/aromatic N) is 4. The average Bonchev–Trinajstić information content (AvgIpc) is 3.63. The zero-order chi connectivity index (χ0) is 38.3. The van der Waals surface area contributed by atoms with Crippen molar-refractivity contribution in [2.75, 3.05) is 38.0 Å². The van der Waals surface area contributed by atoms with Crippen molar-refractivity contribution in [1.82, 2.24) is 36.2 Å². The summed E-state index contributed by atoms with van der Waals surface area (Å²) < 4.78 is 7.67. The first-order valence-corrected chi connectivity index (χ1v) is 18.7. The van der Waals surface area contributed by atoms with Crippen molar-refractivity contribution in [2.45, 2.75) is 103 Å². The molecule has 1 aromatic rings. The molecule has 2 aliphatic rings. The van der Waals surface area contributed by atoms with Gasteiger partial charge in [0.1, 0.15) is 30.1 Å². The number of terminal acetylenes is 1. The number of carbonyl (C=O) groups is 5. The number of Topliss-reactive ketones (excluding diaryl/α,β-unsaturated/α-hetero) is 1. The highest BCUT2D eigenvalue weighted by molar-refractivity contribution is 7.96. The molecule has 15 heteroatoms. The number of hydrogen-bond donors (Lipinski definition) is 4. The molecule has 1 saturated heterocycles. The number of amides is 5. The summed E-state index contributed by atoms with van der Waals surface area (Å²) >= 11 is 1.11. The van der Waals surface area contributed by atoms with Gasteiger partial charge in [0.15, 0.2) is 0 Å². The minimum absolute atomic E-state index is 0.0739. The summed E-state index contributed by atoms with van der Waals surface area (Å²) in [6.45, 7) is 10.3. The van der Waals surface area contributed by atoms with E-state index in [0.717, 1.165) is 50.2 Å². The fourth-order valence-electron chi connectivity index (χ4n) is 6.35. The van der Waals surface area contributed by atoms with Gasteiger partial charge in [-0.3, -0.25) is 23.5 Å². The number of urea groups is 1. The third-order valence-corrected chi connectivity index (χ3v) is 10.1. The standard InChI is InChI=1S/C37H56N8O6S/c1-8-10-19-27(32(46)34(48)39-22-9-2)40-33(47)28-20-16-24-45(28)35(49)31(26-17-12-11-13-18-26)42-36(50)41-29(37(3,4)5)25-43(6)51-52-44(7)30-21-14-15-23-38-30/h1,9,14-15,21,23,26-29,31H,2,10-13,16-20,22,24-25H2,3-7H3,(H,39,48)(H,40,47)(H2,41,42,50). The fourth-order valence-corrected chi connectivity index (χ4v) is 6.81. The third kappa shape index (κ3) is 12.8. The highest BCUT2D eigenvalue weighted by Gasteiger charge is 2.42. The first-order valence-electron chi connectivity index (χ1n) is 18.0. The van der Waals surface area contributed by atoms with Crippen molar-refractivity contribution in [1.29, 1.82) is 0 Å². The normalized spacial score (nSPS) is 18.0. The number of aromatic nitrogens is 1. The Morgan fingerprint density at radius 2 is 1.83 bits per heavy atom. The van der Waals surface area contributed by atoms with E-state index in [0.29, 0.717) is 25.9 Å². The summed E-state index contributed by atoms with van der Waals surface area (Å²) in [6, 6.07) is 1.88. The Morgan fingerprint density at radius 1 is 1.10 bits per heavy atom. The number of carbonyl (C=O) groups excluding carboxylic acids is 5. The second-order valence-electron chi connectivity index (χ2n) is 14.4. The number of hydrogen-bond acceptors (Lipinski definition) is 10. The molecule has 2 heterocycles. The van der Waals surface area contributed by atoms with Crippen molar-refractivity contribution in [3.8, 4) is 12.3 Å². The van der Waals surface area contributed by atoms with Crippen LogP contribution < -0.4 is 25.6 Å². The van der Waals surface area contributed by atoms with Gasteiger partial charge < -0.3 is 26.2 Å². The average molecular weight is 741 g/mol. The van der Waals surface area contributed by atoms with Crippen LogP contribution in [0, 0.1) is 23.7 Å². The number of pyridine rings is 1. The molecule has 1 aromatic heterocycles. The highest BCUT2D eigenvalue weighted by Crippen LogP contribution is 2.30. The van der Waals surface area contributed by atoms with E-state index in [4.69, 9.17) is 10.7 Å². The molecule has 0 aromatic carbocycles. The molecular weight excluding hydrogens is 685 g/mol. The van der Waals surface area contributed by atoms with E-state index in [1.807, 2.05) is 46.0 Å². The molecule has 0 spiro atoms. The molecule has 1 aliphatic carbocycles. The molecular formula is C37H56N8O6S. The van der Waals surface area contributed by atoms with Gasteiger partial charge in [0.2, 0.25) is 17.6 Å². The number of anilines is 1. The molecule has 5 amide bonds. The monoisotopic (exact) mass is 740 g/mol. The Morgan fingerprint density at radius 3 is 2.46 bits per heavy atom. The Bertz CT molecular complexity index is 1410. The summed E-state index contributed by atoms with van der Waals surface area (Å²) in [4.78, 5) is 72.9.